The molecule has 4 N–H and O–H groups in total. The van der Waals surface area contributed by atoms with E-state index in [1.54, 1.807) is 6.07 Å². The molecule has 0 aliphatic heterocycles. The number of nitrogens with one attached hydrogen (secondary N) is 1. The number of halogens is 3. The molecule has 1 amide bonds. The largest absolute Gasteiger partial charge is 0.481 e. The van der Waals surface area contributed by atoms with Gasteiger partial charge in [0, 0.05) is 12.5 Å². The van der Waals surface area contributed by atoms with Crippen molar-refractivity contribution >= 4 is 36.1 Å². The molecule has 164 valence electrons. The first-order chi connectivity index (χ1) is 14.0. The predicted octanol–water partition coefficient (Wildman–Crippen LogP) is 2.21. The summed E-state index contributed by atoms with van der Waals surface area (Å²) in [7, 11) is 0. The topological polar surface area (TPSA) is 133 Å². The van der Waals surface area contributed by atoms with Crippen molar-refractivity contribution in [2.75, 3.05) is 5.32 Å². The van der Waals surface area contributed by atoms with Crippen LogP contribution in [0.2, 0.25) is 0 Å². The SMILES string of the molecule is CC(=O)Nc1cccc([As](=O)(O)OO)c1.O=C(O)CCCc1cc(F)c(F)cc1F. The zero-order valence-corrected chi connectivity index (χ0v) is 17.5. The maximum Gasteiger partial charge on any atom is 0.303 e. The van der Waals surface area contributed by atoms with Crippen LogP contribution >= 0.6 is 0 Å². The van der Waals surface area contributed by atoms with Gasteiger partial charge in [0.1, 0.15) is 5.82 Å². The second-order valence-electron chi connectivity index (χ2n) is 5.94. The number of carboxylic acid groups (broad SMARTS) is 1. The molecule has 0 aromatic heterocycles. The van der Waals surface area contributed by atoms with Gasteiger partial charge in [-0.25, -0.2) is 13.2 Å². The zero-order valence-electron chi connectivity index (χ0n) is 15.6. The Morgan fingerprint density at radius 1 is 1.10 bits per heavy atom. The van der Waals surface area contributed by atoms with Crippen LogP contribution in [0, 0.1) is 17.5 Å². The summed E-state index contributed by atoms with van der Waals surface area (Å²) < 4.78 is 62.1. The zero-order chi connectivity index (χ0) is 22.9. The van der Waals surface area contributed by atoms with Crippen LogP contribution < -0.4 is 9.67 Å². The third-order valence-corrected chi connectivity index (χ3v) is 5.95. The number of aryl methyl sites for hydroxylation is 1. The second-order valence-corrected chi connectivity index (χ2v) is 9.55. The van der Waals surface area contributed by atoms with Crippen LogP contribution in [0.1, 0.15) is 25.3 Å². The third kappa shape index (κ3) is 8.42. The van der Waals surface area contributed by atoms with E-state index in [2.05, 4.69) is 9.19 Å². The van der Waals surface area contributed by atoms with Crippen LogP contribution in [0.5, 0.6) is 0 Å². The van der Waals surface area contributed by atoms with Gasteiger partial charge in [-0.1, -0.05) is 0 Å². The Labute approximate surface area is 172 Å². The van der Waals surface area contributed by atoms with Gasteiger partial charge in [-0.15, -0.1) is 0 Å². The first-order valence-corrected chi connectivity index (χ1v) is 11.7. The van der Waals surface area contributed by atoms with Crippen LogP contribution in [0.25, 0.3) is 0 Å². The number of carbonyl (C=O) groups is 2. The van der Waals surface area contributed by atoms with Gasteiger partial charge in [0.25, 0.3) is 0 Å². The Balaban J connectivity index is 0.000000300. The van der Waals surface area contributed by atoms with E-state index in [-0.39, 0.29) is 35.1 Å². The summed E-state index contributed by atoms with van der Waals surface area (Å²) in [5.74, 6) is -4.51. The fraction of sp³-hybridized carbons (Fsp3) is 0.222. The summed E-state index contributed by atoms with van der Waals surface area (Å²) in [6.45, 7) is 1.32. The molecule has 0 saturated heterocycles. The number of benzene rings is 2. The van der Waals surface area contributed by atoms with Crippen molar-refractivity contribution in [1.82, 2.24) is 0 Å². The number of aliphatic carboxylic acids is 1. The van der Waals surface area contributed by atoms with Gasteiger partial charge >= 0.3 is 94.4 Å². The molecule has 0 fully saturated rings. The van der Waals surface area contributed by atoms with Gasteiger partial charge in [0.15, 0.2) is 11.6 Å². The molecule has 0 heterocycles. The monoisotopic (exact) mass is 493 g/mol. The molecule has 2 aromatic rings. The van der Waals surface area contributed by atoms with Crippen molar-refractivity contribution < 1.29 is 44.8 Å². The first kappa shape index (κ1) is 25.4. The molecular weight excluding hydrogens is 474 g/mol. The van der Waals surface area contributed by atoms with Crippen LogP contribution in [0.3, 0.4) is 0 Å². The van der Waals surface area contributed by atoms with E-state index >= 15 is 0 Å². The van der Waals surface area contributed by atoms with Gasteiger partial charge in [-0.05, 0) is 24.5 Å². The maximum absolute atomic E-state index is 13.0. The van der Waals surface area contributed by atoms with Gasteiger partial charge < -0.3 is 5.11 Å². The van der Waals surface area contributed by atoms with E-state index in [0.717, 1.165) is 6.07 Å². The molecule has 0 radical (unpaired) electrons. The minimum absolute atomic E-state index is 0.00449. The molecule has 8 nitrogen and oxygen atoms in total. The normalized spacial score (nSPS) is 12.3. The summed E-state index contributed by atoms with van der Waals surface area (Å²) in [5, 5.41) is 19.0. The first-order valence-electron chi connectivity index (χ1n) is 8.35. The number of carboxylic acids is 1. The maximum atomic E-state index is 13.0. The summed E-state index contributed by atoms with van der Waals surface area (Å²) >= 11 is -4.83. The third-order valence-electron chi connectivity index (χ3n) is 3.53. The number of amides is 1. The van der Waals surface area contributed by atoms with E-state index in [4.69, 9.17) is 10.4 Å². The quantitative estimate of drug-likeness (QED) is 0.201. The molecule has 30 heavy (non-hydrogen) atoms. The molecule has 0 spiro atoms. The molecule has 2 rings (SSSR count). The van der Waals surface area contributed by atoms with E-state index in [1.165, 1.54) is 25.1 Å². The van der Waals surface area contributed by atoms with E-state index in [1.807, 2.05) is 0 Å². The molecule has 12 heteroatoms. The number of hydrogen-bond acceptors (Lipinski definition) is 5. The average molecular weight is 493 g/mol. The number of rotatable bonds is 7. The standard InChI is InChI=1S/C10H9F3O2.C8H10AsNO5/c11-7-5-9(13)8(12)4-6(7)2-1-3-10(14)15;1-6(11)10-8-4-2-3-7(5-8)9(12,13)15-14/h4-5H,1-3H2,(H,14,15);2-5,14H,1H3,(H,10,11)(H,12,13). The van der Waals surface area contributed by atoms with Gasteiger partial charge in [-0.3, -0.25) is 4.79 Å². The van der Waals surface area contributed by atoms with Crippen molar-refractivity contribution in [3.63, 3.8) is 0 Å². The molecule has 1 unspecified atom stereocenters. The van der Waals surface area contributed by atoms with Gasteiger partial charge in [-0.2, -0.15) is 0 Å². The fourth-order valence-electron chi connectivity index (χ4n) is 2.20. The number of carbonyl (C=O) groups excluding carboxylic acids is 1. The molecule has 0 aliphatic rings. The summed E-state index contributed by atoms with van der Waals surface area (Å²) in [5.41, 5.74) is 0.364. The van der Waals surface area contributed by atoms with Crippen molar-refractivity contribution in [3.05, 3.63) is 59.4 Å². The Morgan fingerprint density at radius 3 is 2.30 bits per heavy atom. The number of hydrogen-bond donors (Lipinski definition) is 4. The molecular formula is C18H19AsF3NO7. The second kappa shape index (κ2) is 11.6. The van der Waals surface area contributed by atoms with E-state index < -0.39 is 37.6 Å². The van der Waals surface area contributed by atoms with Crippen molar-refractivity contribution in [3.8, 4) is 0 Å². The summed E-state index contributed by atoms with van der Waals surface area (Å²) in [6.07, 6.45) is 0.144. The Bertz CT molecular complexity index is 955. The van der Waals surface area contributed by atoms with E-state index in [0.29, 0.717) is 11.8 Å². The smallest absolute Gasteiger partial charge is 0.303 e. The van der Waals surface area contributed by atoms with Crippen LogP contribution in [0.4, 0.5) is 18.9 Å². The molecule has 0 saturated carbocycles. The van der Waals surface area contributed by atoms with Gasteiger partial charge in [0.2, 0.25) is 0 Å². The predicted molar refractivity (Wildman–Crippen MR) is 99.6 cm³/mol. The van der Waals surface area contributed by atoms with Crippen molar-refractivity contribution in [1.29, 1.82) is 0 Å². The number of anilines is 1. The molecule has 0 aliphatic carbocycles. The minimum Gasteiger partial charge on any atom is -0.481 e. The van der Waals surface area contributed by atoms with Crippen molar-refractivity contribution in [2.24, 2.45) is 0 Å². The Morgan fingerprint density at radius 2 is 1.73 bits per heavy atom. The van der Waals surface area contributed by atoms with Crippen LogP contribution in [-0.4, -0.2) is 40.5 Å². The Kier molecular flexibility index (Phi) is 9.80. The van der Waals surface area contributed by atoms with E-state index in [9.17, 15) is 30.6 Å². The fourth-order valence-corrected chi connectivity index (χ4v) is 3.60. The van der Waals surface area contributed by atoms with Crippen LogP contribution in [0.15, 0.2) is 36.4 Å². The van der Waals surface area contributed by atoms with Gasteiger partial charge in [0.05, 0.1) is 0 Å². The van der Waals surface area contributed by atoms with Crippen LogP contribution in [-0.2, 0) is 23.6 Å². The summed E-state index contributed by atoms with van der Waals surface area (Å²) in [6, 6.07) is 6.86. The minimum atomic E-state index is -4.83. The van der Waals surface area contributed by atoms with Crippen molar-refractivity contribution in [2.45, 2.75) is 26.2 Å². The average Bonchev–Trinajstić information content (AvgIpc) is 2.66. The molecule has 0 bridgehead atoms. The summed E-state index contributed by atoms with van der Waals surface area (Å²) in [4.78, 5) is 20.9. The molecule has 2 aromatic carbocycles. The molecule has 1 atom stereocenters. The Hall–Kier alpha value is -2.59.